The van der Waals surface area contributed by atoms with Crippen LogP contribution in [0.25, 0.3) is 0 Å². The number of carbonyl (C=O) groups is 3. The SMILES string of the molecule is COc1cc(C(=O)N(C)c2ccc(C)cc2OCCCCC(C=O)N2CCN(C)CC2)ccc1NC(=O)c1cccc(N)c1N. The number of rotatable bonds is 13. The van der Waals surface area contributed by atoms with E-state index in [1.54, 1.807) is 43.4 Å². The summed E-state index contributed by atoms with van der Waals surface area (Å²) >= 11 is 0. The summed E-state index contributed by atoms with van der Waals surface area (Å²) in [6.45, 7) is 6.20. The summed E-state index contributed by atoms with van der Waals surface area (Å²) in [7, 11) is 5.26. The summed E-state index contributed by atoms with van der Waals surface area (Å²) in [6, 6.07) is 15.3. The maximum atomic E-state index is 13.6. The number of hydrogen-bond acceptors (Lipinski definition) is 9. The van der Waals surface area contributed by atoms with Gasteiger partial charge < -0.3 is 40.9 Å². The molecule has 4 rings (SSSR count). The van der Waals surface area contributed by atoms with Crippen LogP contribution < -0.4 is 31.2 Å². The van der Waals surface area contributed by atoms with Crippen LogP contribution in [0.3, 0.4) is 0 Å². The third kappa shape index (κ3) is 8.31. The Morgan fingerprint density at radius 1 is 1.02 bits per heavy atom. The van der Waals surface area contributed by atoms with Gasteiger partial charge >= 0.3 is 0 Å². The minimum absolute atomic E-state index is 0.0658. The number of aryl methyl sites for hydroxylation is 1. The Balaban J connectivity index is 1.39. The predicted octanol–water partition coefficient (Wildman–Crippen LogP) is 4.06. The van der Waals surface area contributed by atoms with E-state index in [1.165, 1.54) is 12.0 Å². The lowest BCUT2D eigenvalue weighted by Gasteiger charge is -2.35. The summed E-state index contributed by atoms with van der Waals surface area (Å²) in [4.78, 5) is 44.3. The molecule has 0 spiro atoms. The molecule has 1 atom stereocenters. The smallest absolute Gasteiger partial charge is 0.258 e. The average molecular weight is 617 g/mol. The van der Waals surface area contributed by atoms with E-state index in [-0.39, 0.29) is 23.2 Å². The van der Waals surface area contributed by atoms with Crippen molar-refractivity contribution in [2.75, 3.05) is 75.7 Å². The summed E-state index contributed by atoms with van der Waals surface area (Å²) < 4.78 is 11.7. The van der Waals surface area contributed by atoms with Crippen LogP contribution in [-0.4, -0.2) is 87.9 Å². The van der Waals surface area contributed by atoms with Crippen molar-refractivity contribution in [1.82, 2.24) is 9.80 Å². The van der Waals surface area contributed by atoms with E-state index in [1.807, 2.05) is 25.1 Å². The number of nitrogen functional groups attached to an aromatic ring is 2. The molecule has 0 aromatic heterocycles. The monoisotopic (exact) mass is 616 g/mol. The quantitative estimate of drug-likeness (QED) is 0.147. The molecular formula is C34H44N6O5. The number of unbranched alkanes of at least 4 members (excludes halogenated alkanes) is 1. The van der Waals surface area contributed by atoms with Gasteiger partial charge in [-0.3, -0.25) is 14.5 Å². The highest BCUT2D eigenvalue weighted by atomic mass is 16.5. The van der Waals surface area contributed by atoms with Gasteiger partial charge in [0.1, 0.15) is 17.8 Å². The summed E-state index contributed by atoms with van der Waals surface area (Å²) in [5.41, 5.74) is 15.0. The number of aldehydes is 1. The Labute approximate surface area is 265 Å². The van der Waals surface area contributed by atoms with Crippen LogP contribution in [0.5, 0.6) is 11.5 Å². The van der Waals surface area contributed by atoms with E-state index >= 15 is 0 Å². The van der Waals surface area contributed by atoms with Crippen molar-refractivity contribution in [3.63, 3.8) is 0 Å². The van der Waals surface area contributed by atoms with Crippen LogP contribution in [-0.2, 0) is 4.79 Å². The molecule has 11 heteroatoms. The zero-order valence-electron chi connectivity index (χ0n) is 26.5. The first-order chi connectivity index (χ1) is 21.6. The second-order valence-electron chi connectivity index (χ2n) is 11.4. The minimum Gasteiger partial charge on any atom is -0.495 e. The van der Waals surface area contributed by atoms with Crippen LogP contribution in [0.2, 0.25) is 0 Å². The number of nitrogens with one attached hydrogen (secondary N) is 1. The fourth-order valence-corrected chi connectivity index (χ4v) is 5.34. The second kappa shape index (κ2) is 15.4. The molecule has 0 bridgehead atoms. The van der Waals surface area contributed by atoms with Crippen molar-refractivity contribution in [1.29, 1.82) is 0 Å². The number of anilines is 4. The van der Waals surface area contributed by atoms with Gasteiger partial charge in [0.25, 0.3) is 11.8 Å². The van der Waals surface area contributed by atoms with Crippen LogP contribution >= 0.6 is 0 Å². The number of methoxy groups -OCH3 is 1. The minimum atomic E-state index is -0.447. The van der Waals surface area contributed by atoms with Crippen molar-refractivity contribution in [2.45, 2.75) is 32.2 Å². The van der Waals surface area contributed by atoms with Crippen LogP contribution in [0.4, 0.5) is 22.7 Å². The number of carbonyl (C=O) groups excluding carboxylic acids is 3. The molecule has 3 aromatic rings. The number of piperazine rings is 1. The zero-order chi connectivity index (χ0) is 32.5. The average Bonchev–Trinajstić information content (AvgIpc) is 3.04. The Kier molecular flexibility index (Phi) is 11.4. The van der Waals surface area contributed by atoms with E-state index < -0.39 is 5.91 Å². The molecule has 1 aliphatic heterocycles. The largest absolute Gasteiger partial charge is 0.495 e. The van der Waals surface area contributed by atoms with Gasteiger partial charge in [0.15, 0.2) is 0 Å². The number of ether oxygens (including phenoxy) is 2. The summed E-state index contributed by atoms with van der Waals surface area (Å²) in [5, 5.41) is 2.78. The highest BCUT2D eigenvalue weighted by Crippen LogP contribution is 2.32. The summed E-state index contributed by atoms with van der Waals surface area (Å²) in [5.74, 6) is 0.195. The molecule has 11 nitrogen and oxygen atoms in total. The molecule has 1 saturated heterocycles. The van der Waals surface area contributed by atoms with Gasteiger partial charge in [-0.1, -0.05) is 12.1 Å². The van der Waals surface area contributed by atoms with E-state index in [0.717, 1.165) is 57.3 Å². The predicted molar refractivity (Wildman–Crippen MR) is 178 cm³/mol. The fourth-order valence-electron chi connectivity index (χ4n) is 5.34. The molecule has 0 saturated carbocycles. The van der Waals surface area contributed by atoms with E-state index in [9.17, 15) is 14.4 Å². The first-order valence-electron chi connectivity index (χ1n) is 15.2. The first kappa shape index (κ1) is 33.3. The molecule has 0 aliphatic carbocycles. The normalized spacial score (nSPS) is 14.4. The number of para-hydroxylation sites is 1. The highest BCUT2D eigenvalue weighted by Gasteiger charge is 2.23. The fraction of sp³-hybridized carbons (Fsp3) is 0.382. The number of likely N-dealkylation sites (N-methyl/N-ethyl adjacent to an activating group) is 1. The number of amides is 2. The van der Waals surface area contributed by atoms with Crippen molar-refractivity contribution in [3.8, 4) is 11.5 Å². The molecule has 1 fully saturated rings. The van der Waals surface area contributed by atoms with E-state index in [4.69, 9.17) is 20.9 Å². The van der Waals surface area contributed by atoms with Gasteiger partial charge in [0, 0.05) is 38.8 Å². The number of nitrogens with two attached hydrogens (primary N) is 2. The Morgan fingerprint density at radius 3 is 2.49 bits per heavy atom. The lowest BCUT2D eigenvalue weighted by molar-refractivity contribution is -0.113. The van der Waals surface area contributed by atoms with Crippen molar-refractivity contribution in [3.05, 3.63) is 71.3 Å². The van der Waals surface area contributed by atoms with Gasteiger partial charge in [-0.25, -0.2) is 0 Å². The third-order valence-electron chi connectivity index (χ3n) is 8.18. The topological polar surface area (TPSA) is 143 Å². The molecule has 1 heterocycles. The molecule has 0 radical (unpaired) electrons. The van der Waals surface area contributed by atoms with Crippen LogP contribution in [0, 0.1) is 6.92 Å². The molecule has 45 heavy (non-hydrogen) atoms. The Bertz CT molecular complexity index is 1500. The van der Waals surface area contributed by atoms with Gasteiger partial charge in [-0.15, -0.1) is 0 Å². The first-order valence-corrected chi connectivity index (χ1v) is 15.2. The third-order valence-corrected chi connectivity index (χ3v) is 8.18. The highest BCUT2D eigenvalue weighted by molar-refractivity contribution is 6.11. The number of benzene rings is 3. The lowest BCUT2D eigenvalue weighted by atomic mass is 10.1. The van der Waals surface area contributed by atoms with Crippen LogP contribution in [0.15, 0.2) is 54.6 Å². The van der Waals surface area contributed by atoms with Gasteiger partial charge in [0.2, 0.25) is 0 Å². The molecule has 1 unspecified atom stereocenters. The van der Waals surface area contributed by atoms with Crippen molar-refractivity contribution < 1.29 is 23.9 Å². The maximum Gasteiger partial charge on any atom is 0.258 e. The maximum absolute atomic E-state index is 13.6. The molecule has 2 amide bonds. The molecule has 5 N–H and O–H groups in total. The lowest BCUT2D eigenvalue weighted by Crippen LogP contribution is -2.49. The van der Waals surface area contributed by atoms with Gasteiger partial charge in [0.05, 0.1) is 48.1 Å². The van der Waals surface area contributed by atoms with Gasteiger partial charge in [-0.05, 0) is 81.3 Å². The number of hydrogen-bond donors (Lipinski definition) is 3. The molecular weight excluding hydrogens is 572 g/mol. The molecule has 240 valence electrons. The molecule has 1 aliphatic rings. The zero-order valence-corrected chi connectivity index (χ0v) is 26.5. The van der Waals surface area contributed by atoms with Gasteiger partial charge in [-0.2, -0.15) is 0 Å². The van der Waals surface area contributed by atoms with E-state index in [2.05, 4.69) is 22.2 Å². The second-order valence-corrected chi connectivity index (χ2v) is 11.4. The summed E-state index contributed by atoms with van der Waals surface area (Å²) in [6.07, 6.45) is 3.50. The van der Waals surface area contributed by atoms with Crippen LogP contribution in [0.1, 0.15) is 45.5 Å². The Hall–Kier alpha value is -4.61. The van der Waals surface area contributed by atoms with Crippen molar-refractivity contribution >= 4 is 40.9 Å². The number of nitrogens with zero attached hydrogens (tertiary/aromatic N) is 3. The van der Waals surface area contributed by atoms with E-state index in [0.29, 0.717) is 40.7 Å². The van der Waals surface area contributed by atoms with Crippen molar-refractivity contribution in [2.24, 2.45) is 0 Å². The standard InChI is InChI=1S/C34H44N6O5/c1-23-11-14-29(31(20-23)45-19-6-5-8-25(22-41)40-17-15-38(2)16-18-40)39(3)34(43)24-12-13-28(30(21-24)44-4)37-33(42)26-9-7-10-27(35)32(26)36/h7,9-14,20-22,25H,5-6,8,15-19,35-36H2,1-4H3,(H,37,42). The molecule has 3 aromatic carbocycles. The Morgan fingerprint density at radius 2 is 1.78 bits per heavy atom.